The molecule has 5 nitrogen and oxygen atoms in total. The van der Waals surface area contributed by atoms with Crippen molar-refractivity contribution in [2.75, 3.05) is 19.0 Å². The summed E-state index contributed by atoms with van der Waals surface area (Å²) in [5, 5.41) is 5.36. The van der Waals surface area contributed by atoms with Crippen LogP contribution in [0.5, 0.6) is 0 Å². The lowest BCUT2D eigenvalue weighted by atomic mass is 10.0. The Hall–Kier alpha value is -2.66. The Morgan fingerprint density at radius 2 is 1.58 bits per heavy atom. The van der Waals surface area contributed by atoms with Crippen molar-refractivity contribution in [3.63, 3.8) is 0 Å². The standard InChI is InChI=1S/C21H26N2O3/c1-13-10-15(3)19(16(4)11-13)23-21(25)20(24)22-12-18(26-5)17-9-7-6-8-14(17)2/h6-11,18H,12H2,1-5H3,(H,22,24)(H,23,25). The second-order valence-electron chi connectivity index (χ2n) is 6.52. The van der Waals surface area contributed by atoms with Gasteiger partial charge in [-0.05, 0) is 49.9 Å². The van der Waals surface area contributed by atoms with E-state index < -0.39 is 11.8 Å². The molecule has 0 spiro atoms. The van der Waals surface area contributed by atoms with Crippen molar-refractivity contribution in [3.05, 3.63) is 64.2 Å². The first kappa shape index (κ1) is 19.7. The molecular weight excluding hydrogens is 328 g/mol. The fraction of sp³-hybridized carbons (Fsp3) is 0.333. The summed E-state index contributed by atoms with van der Waals surface area (Å²) < 4.78 is 5.47. The average molecular weight is 354 g/mol. The highest BCUT2D eigenvalue weighted by Crippen LogP contribution is 2.22. The first-order valence-corrected chi connectivity index (χ1v) is 8.58. The molecule has 1 atom stereocenters. The van der Waals surface area contributed by atoms with Crippen molar-refractivity contribution in [2.45, 2.75) is 33.8 Å². The van der Waals surface area contributed by atoms with E-state index in [0.717, 1.165) is 27.8 Å². The van der Waals surface area contributed by atoms with Crippen LogP contribution in [0.25, 0.3) is 0 Å². The van der Waals surface area contributed by atoms with Crippen LogP contribution in [-0.4, -0.2) is 25.5 Å². The topological polar surface area (TPSA) is 67.4 Å². The predicted octanol–water partition coefficient (Wildman–Crippen LogP) is 3.36. The van der Waals surface area contributed by atoms with Gasteiger partial charge in [0.1, 0.15) is 0 Å². The number of amides is 2. The molecule has 0 heterocycles. The van der Waals surface area contributed by atoms with Gasteiger partial charge in [0.15, 0.2) is 0 Å². The minimum atomic E-state index is -0.681. The molecule has 0 bridgehead atoms. The number of ether oxygens (including phenoxy) is 1. The maximum atomic E-state index is 12.2. The summed E-state index contributed by atoms with van der Waals surface area (Å²) in [7, 11) is 1.59. The van der Waals surface area contributed by atoms with Gasteiger partial charge in [0.2, 0.25) is 0 Å². The highest BCUT2D eigenvalue weighted by molar-refractivity contribution is 6.39. The van der Waals surface area contributed by atoms with Crippen LogP contribution < -0.4 is 10.6 Å². The molecule has 2 amide bonds. The second-order valence-corrected chi connectivity index (χ2v) is 6.52. The number of methoxy groups -OCH3 is 1. The summed E-state index contributed by atoms with van der Waals surface area (Å²) in [6, 6.07) is 11.8. The van der Waals surface area contributed by atoms with Crippen molar-refractivity contribution >= 4 is 17.5 Å². The van der Waals surface area contributed by atoms with Crippen LogP contribution in [0, 0.1) is 27.7 Å². The number of nitrogens with one attached hydrogen (secondary N) is 2. The molecule has 0 saturated carbocycles. The fourth-order valence-electron chi connectivity index (χ4n) is 3.08. The second kappa shape index (κ2) is 8.63. The third kappa shape index (κ3) is 4.70. The van der Waals surface area contributed by atoms with Crippen LogP contribution in [0.3, 0.4) is 0 Å². The van der Waals surface area contributed by atoms with Gasteiger partial charge in [0.25, 0.3) is 0 Å². The molecule has 2 N–H and O–H groups in total. The lowest BCUT2D eigenvalue weighted by Crippen LogP contribution is -2.38. The minimum Gasteiger partial charge on any atom is -0.375 e. The molecule has 138 valence electrons. The zero-order valence-electron chi connectivity index (χ0n) is 16.0. The van der Waals surface area contributed by atoms with Gasteiger partial charge in [-0.3, -0.25) is 9.59 Å². The fourth-order valence-corrected chi connectivity index (χ4v) is 3.08. The smallest absolute Gasteiger partial charge is 0.313 e. The zero-order chi connectivity index (χ0) is 19.3. The number of carbonyl (C=O) groups excluding carboxylic acids is 2. The van der Waals surface area contributed by atoms with Crippen LogP contribution in [0.1, 0.15) is 33.9 Å². The van der Waals surface area contributed by atoms with E-state index in [9.17, 15) is 9.59 Å². The summed E-state index contributed by atoms with van der Waals surface area (Å²) in [5.74, 6) is -1.36. The molecule has 2 aromatic rings. The molecule has 26 heavy (non-hydrogen) atoms. The SMILES string of the molecule is COC(CNC(=O)C(=O)Nc1c(C)cc(C)cc1C)c1ccccc1C. The molecule has 0 aliphatic rings. The summed E-state index contributed by atoms with van der Waals surface area (Å²) in [4.78, 5) is 24.4. The first-order chi connectivity index (χ1) is 12.3. The Balaban J connectivity index is 2.01. The normalized spacial score (nSPS) is 11.7. The number of carbonyl (C=O) groups is 2. The lowest BCUT2D eigenvalue weighted by Gasteiger charge is -2.18. The summed E-state index contributed by atoms with van der Waals surface area (Å²) in [6.45, 7) is 8.02. The minimum absolute atomic E-state index is 0.222. The number of hydrogen-bond acceptors (Lipinski definition) is 3. The number of aryl methyl sites for hydroxylation is 4. The number of hydrogen-bond donors (Lipinski definition) is 2. The van der Waals surface area contributed by atoms with Crippen molar-refractivity contribution < 1.29 is 14.3 Å². The van der Waals surface area contributed by atoms with Gasteiger partial charge in [-0.25, -0.2) is 0 Å². The van der Waals surface area contributed by atoms with Crippen LogP contribution in [0.2, 0.25) is 0 Å². The Morgan fingerprint density at radius 3 is 2.15 bits per heavy atom. The molecule has 0 aliphatic heterocycles. The number of benzene rings is 2. The lowest BCUT2D eigenvalue weighted by molar-refractivity contribution is -0.136. The van der Waals surface area contributed by atoms with Gasteiger partial charge in [-0.15, -0.1) is 0 Å². The quantitative estimate of drug-likeness (QED) is 0.809. The van der Waals surface area contributed by atoms with E-state index in [1.54, 1.807) is 7.11 Å². The van der Waals surface area contributed by atoms with Crippen molar-refractivity contribution in [1.29, 1.82) is 0 Å². The molecule has 0 fully saturated rings. The largest absolute Gasteiger partial charge is 0.375 e. The van der Waals surface area contributed by atoms with Gasteiger partial charge < -0.3 is 15.4 Å². The molecule has 0 aromatic heterocycles. The van der Waals surface area contributed by atoms with Crippen LogP contribution in [0.4, 0.5) is 5.69 Å². The van der Waals surface area contributed by atoms with Gasteiger partial charge >= 0.3 is 11.8 Å². The summed E-state index contributed by atoms with van der Waals surface area (Å²) >= 11 is 0. The Kier molecular flexibility index (Phi) is 6.52. The molecule has 2 aromatic carbocycles. The molecular formula is C21H26N2O3. The van der Waals surface area contributed by atoms with Crippen LogP contribution >= 0.6 is 0 Å². The Bertz CT molecular complexity index is 792. The van der Waals surface area contributed by atoms with Gasteiger partial charge in [-0.2, -0.15) is 0 Å². The maximum absolute atomic E-state index is 12.2. The molecule has 0 radical (unpaired) electrons. The zero-order valence-corrected chi connectivity index (χ0v) is 16.0. The highest BCUT2D eigenvalue weighted by Gasteiger charge is 2.19. The summed E-state index contributed by atoms with van der Waals surface area (Å²) in [6.07, 6.45) is -0.309. The van der Waals surface area contributed by atoms with Gasteiger partial charge in [-0.1, -0.05) is 42.0 Å². The predicted molar refractivity (Wildman–Crippen MR) is 103 cm³/mol. The van der Waals surface area contributed by atoms with E-state index in [4.69, 9.17) is 4.74 Å². The summed E-state index contributed by atoms with van der Waals surface area (Å²) in [5.41, 5.74) is 5.71. The molecule has 2 rings (SSSR count). The first-order valence-electron chi connectivity index (χ1n) is 8.58. The van der Waals surface area contributed by atoms with Crippen LogP contribution in [-0.2, 0) is 14.3 Å². The van der Waals surface area contributed by atoms with Crippen molar-refractivity contribution in [3.8, 4) is 0 Å². The average Bonchev–Trinajstić information content (AvgIpc) is 2.59. The van der Waals surface area contributed by atoms with E-state index in [1.807, 2.05) is 64.1 Å². The maximum Gasteiger partial charge on any atom is 0.313 e. The van der Waals surface area contributed by atoms with Gasteiger partial charge in [0, 0.05) is 19.3 Å². The third-order valence-corrected chi connectivity index (χ3v) is 4.39. The third-order valence-electron chi connectivity index (χ3n) is 4.39. The van der Waals surface area contributed by atoms with Gasteiger partial charge in [0.05, 0.1) is 6.10 Å². The Morgan fingerprint density at radius 1 is 0.962 bits per heavy atom. The van der Waals surface area contributed by atoms with E-state index in [2.05, 4.69) is 10.6 Å². The van der Waals surface area contributed by atoms with Crippen molar-refractivity contribution in [2.24, 2.45) is 0 Å². The molecule has 5 heteroatoms. The monoisotopic (exact) mass is 354 g/mol. The number of anilines is 1. The van der Waals surface area contributed by atoms with Crippen molar-refractivity contribution in [1.82, 2.24) is 5.32 Å². The van der Waals surface area contributed by atoms with E-state index in [0.29, 0.717) is 5.69 Å². The van der Waals surface area contributed by atoms with E-state index in [1.165, 1.54) is 0 Å². The molecule has 0 saturated heterocycles. The Labute approximate surface area is 154 Å². The van der Waals surface area contributed by atoms with E-state index in [-0.39, 0.29) is 12.6 Å². The van der Waals surface area contributed by atoms with E-state index >= 15 is 0 Å². The number of rotatable bonds is 5. The van der Waals surface area contributed by atoms with Crippen LogP contribution in [0.15, 0.2) is 36.4 Å². The highest BCUT2D eigenvalue weighted by atomic mass is 16.5. The molecule has 0 aliphatic carbocycles. The molecule has 1 unspecified atom stereocenters.